The van der Waals surface area contributed by atoms with Crippen molar-refractivity contribution in [3.63, 3.8) is 0 Å². The molecule has 1 aliphatic heterocycles. The summed E-state index contributed by atoms with van der Waals surface area (Å²) in [5.74, 6) is 0. The first-order chi connectivity index (χ1) is 7.63. The van der Waals surface area contributed by atoms with E-state index in [1.807, 2.05) is 0 Å². The van der Waals surface area contributed by atoms with Gasteiger partial charge in [0.25, 0.3) is 0 Å². The molecular formula is C14H31N2+. The molecule has 1 fully saturated rings. The quantitative estimate of drug-likeness (QED) is 0.630. The fourth-order valence-electron chi connectivity index (χ4n) is 3.19. The van der Waals surface area contributed by atoms with Crippen LogP contribution in [0.3, 0.4) is 0 Å². The second-order valence-electron chi connectivity index (χ2n) is 5.46. The van der Waals surface area contributed by atoms with Gasteiger partial charge in [0.15, 0.2) is 0 Å². The van der Waals surface area contributed by atoms with Crippen LogP contribution in [-0.2, 0) is 0 Å². The van der Waals surface area contributed by atoms with Gasteiger partial charge >= 0.3 is 0 Å². The second-order valence-corrected chi connectivity index (χ2v) is 5.46. The molecule has 0 aromatic rings. The van der Waals surface area contributed by atoms with E-state index in [4.69, 9.17) is 0 Å². The lowest BCUT2D eigenvalue weighted by molar-refractivity contribution is -0.939. The zero-order valence-electron chi connectivity index (χ0n) is 12.0. The highest BCUT2D eigenvalue weighted by Gasteiger charge is 2.43. The first-order valence-corrected chi connectivity index (χ1v) is 7.23. The van der Waals surface area contributed by atoms with Gasteiger partial charge < -0.3 is 4.48 Å². The number of quaternary nitrogens is 1. The molecule has 0 spiro atoms. The third-order valence-corrected chi connectivity index (χ3v) is 4.78. The number of rotatable bonds is 6. The summed E-state index contributed by atoms with van der Waals surface area (Å²) >= 11 is 0. The molecular weight excluding hydrogens is 196 g/mol. The number of nitrogens with zero attached hydrogens (tertiary/aromatic N) is 2. The van der Waals surface area contributed by atoms with E-state index >= 15 is 0 Å². The third-order valence-electron chi connectivity index (χ3n) is 4.78. The van der Waals surface area contributed by atoms with E-state index in [0.29, 0.717) is 0 Å². The van der Waals surface area contributed by atoms with E-state index in [9.17, 15) is 0 Å². The van der Waals surface area contributed by atoms with Crippen LogP contribution in [0.25, 0.3) is 0 Å². The zero-order chi connectivity index (χ0) is 12.2. The summed E-state index contributed by atoms with van der Waals surface area (Å²) in [6.07, 6.45) is 4.01. The van der Waals surface area contributed by atoms with Crippen molar-refractivity contribution in [2.45, 2.75) is 66.0 Å². The highest BCUT2D eigenvalue weighted by molar-refractivity contribution is 4.76. The van der Waals surface area contributed by atoms with E-state index in [1.54, 1.807) is 0 Å². The molecule has 0 aliphatic carbocycles. The Bertz CT molecular complexity index is 199. The van der Waals surface area contributed by atoms with Crippen LogP contribution in [-0.4, -0.2) is 47.8 Å². The summed E-state index contributed by atoms with van der Waals surface area (Å²) in [5, 5.41) is 0. The molecule has 16 heavy (non-hydrogen) atoms. The Balaban J connectivity index is 2.74. The van der Waals surface area contributed by atoms with Crippen molar-refractivity contribution in [2.75, 3.05) is 26.3 Å². The molecule has 2 nitrogen and oxygen atoms in total. The fourth-order valence-corrected chi connectivity index (χ4v) is 3.19. The highest BCUT2D eigenvalue weighted by atomic mass is 15.5. The van der Waals surface area contributed by atoms with Crippen LogP contribution in [0.15, 0.2) is 0 Å². The minimum absolute atomic E-state index is 0.762. The Hall–Kier alpha value is -0.0800. The van der Waals surface area contributed by atoms with E-state index in [2.05, 4.69) is 39.5 Å². The number of hydrogen-bond donors (Lipinski definition) is 0. The van der Waals surface area contributed by atoms with Crippen molar-refractivity contribution in [3.05, 3.63) is 0 Å². The summed E-state index contributed by atoms with van der Waals surface area (Å²) in [5.41, 5.74) is 0. The maximum atomic E-state index is 2.72. The summed E-state index contributed by atoms with van der Waals surface area (Å²) in [6, 6.07) is 1.64. The first kappa shape index (κ1) is 14.0. The van der Waals surface area contributed by atoms with Gasteiger partial charge in [0.2, 0.25) is 0 Å². The first-order valence-electron chi connectivity index (χ1n) is 7.23. The Morgan fingerprint density at radius 2 is 1.81 bits per heavy atom. The van der Waals surface area contributed by atoms with Crippen LogP contribution in [0.5, 0.6) is 0 Å². The molecule has 2 heteroatoms. The van der Waals surface area contributed by atoms with Crippen molar-refractivity contribution in [2.24, 2.45) is 0 Å². The van der Waals surface area contributed by atoms with Gasteiger partial charge in [-0.25, -0.2) is 4.90 Å². The van der Waals surface area contributed by atoms with Gasteiger partial charge in [-0.1, -0.05) is 20.3 Å². The van der Waals surface area contributed by atoms with Crippen LogP contribution < -0.4 is 0 Å². The van der Waals surface area contributed by atoms with Gasteiger partial charge in [-0.15, -0.1) is 0 Å². The predicted molar refractivity (Wildman–Crippen MR) is 71.4 cm³/mol. The lowest BCUT2D eigenvalue weighted by Gasteiger charge is -2.38. The van der Waals surface area contributed by atoms with Crippen molar-refractivity contribution in [1.82, 2.24) is 4.90 Å². The maximum absolute atomic E-state index is 2.72. The Kier molecular flexibility index (Phi) is 5.26. The van der Waals surface area contributed by atoms with Crippen molar-refractivity contribution in [3.8, 4) is 0 Å². The molecule has 0 amide bonds. The smallest absolute Gasteiger partial charge is 0.135 e. The largest absolute Gasteiger partial charge is 0.308 e. The topological polar surface area (TPSA) is 3.24 Å². The third kappa shape index (κ3) is 2.60. The normalized spacial score (nSPS) is 27.2. The number of likely N-dealkylation sites (N-methyl/N-ethyl adjacent to an activating group) is 1. The Morgan fingerprint density at radius 3 is 2.25 bits per heavy atom. The van der Waals surface area contributed by atoms with Crippen LogP contribution in [0.2, 0.25) is 0 Å². The Morgan fingerprint density at radius 1 is 1.19 bits per heavy atom. The molecule has 0 aromatic heterocycles. The van der Waals surface area contributed by atoms with Gasteiger partial charge in [0.05, 0.1) is 19.6 Å². The summed E-state index contributed by atoms with van der Waals surface area (Å²) in [7, 11) is 0. The van der Waals surface area contributed by atoms with Crippen LogP contribution in [0, 0.1) is 0 Å². The molecule has 0 saturated carbocycles. The highest BCUT2D eigenvalue weighted by Crippen LogP contribution is 2.28. The van der Waals surface area contributed by atoms with E-state index in [-0.39, 0.29) is 0 Å². The van der Waals surface area contributed by atoms with Gasteiger partial charge in [-0.05, 0) is 27.2 Å². The van der Waals surface area contributed by atoms with Gasteiger partial charge in [-0.3, -0.25) is 0 Å². The van der Waals surface area contributed by atoms with Crippen LogP contribution >= 0.6 is 0 Å². The fraction of sp³-hybridized carbons (Fsp3) is 1.00. The van der Waals surface area contributed by atoms with E-state index < -0.39 is 0 Å². The zero-order valence-corrected chi connectivity index (χ0v) is 12.0. The van der Waals surface area contributed by atoms with Crippen molar-refractivity contribution >= 4 is 0 Å². The van der Waals surface area contributed by atoms with Crippen LogP contribution in [0.4, 0.5) is 0 Å². The predicted octanol–water partition coefficient (Wildman–Crippen LogP) is 3.08. The molecule has 2 unspecified atom stereocenters. The summed E-state index contributed by atoms with van der Waals surface area (Å²) < 4.78 is 1.33. The monoisotopic (exact) mass is 227 g/mol. The van der Waals surface area contributed by atoms with Gasteiger partial charge in [-0.2, -0.15) is 0 Å². The lowest BCUT2D eigenvalue weighted by Crippen LogP contribution is -2.52. The lowest BCUT2D eigenvalue weighted by atomic mass is 10.1. The van der Waals surface area contributed by atoms with Gasteiger partial charge in [0, 0.05) is 12.5 Å². The van der Waals surface area contributed by atoms with Crippen LogP contribution in [0.1, 0.15) is 53.9 Å². The molecule has 96 valence electrons. The molecule has 0 bridgehead atoms. The summed E-state index contributed by atoms with van der Waals surface area (Å²) in [6.45, 7) is 17.0. The van der Waals surface area contributed by atoms with Gasteiger partial charge in [0.1, 0.15) is 12.7 Å². The molecule has 1 rings (SSSR count). The second kappa shape index (κ2) is 6.02. The van der Waals surface area contributed by atoms with E-state index in [0.717, 1.165) is 12.1 Å². The minimum atomic E-state index is 0.762. The Labute approximate surface area is 102 Å². The molecule has 1 saturated heterocycles. The van der Waals surface area contributed by atoms with E-state index in [1.165, 1.54) is 50.0 Å². The summed E-state index contributed by atoms with van der Waals surface area (Å²) in [4.78, 5) is 2.72. The van der Waals surface area contributed by atoms with Crippen molar-refractivity contribution in [1.29, 1.82) is 0 Å². The minimum Gasteiger partial charge on any atom is -0.308 e. The molecule has 1 heterocycles. The molecule has 2 atom stereocenters. The maximum Gasteiger partial charge on any atom is 0.135 e. The molecule has 0 N–H and O–H groups in total. The molecule has 0 aromatic carbocycles. The average Bonchev–Trinajstić information content (AvgIpc) is 2.68. The number of hydrogen-bond acceptors (Lipinski definition) is 1. The average molecular weight is 227 g/mol. The van der Waals surface area contributed by atoms with Crippen molar-refractivity contribution < 1.29 is 4.48 Å². The standard InChI is InChI=1S/C14H31N2/c1-6-10-14-11-15(13(5)7-2)12-16(14,8-3)9-4/h13-14H,6-12H2,1-5H3/q+1. The SMILES string of the molecule is CCCC1CN(C(C)CC)C[N+]1(CC)CC. The molecule has 1 aliphatic rings. The molecule has 0 radical (unpaired) electrons.